The molecule has 0 aliphatic carbocycles. The Labute approximate surface area is 131 Å². The van der Waals surface area contributed by atoms with Crippen molar-refractivity contribution >= 4 is 17.9 Å². The highest BCUT2D eigenvalue weighted by Gasteiger charge is 2.20. The van der Waals surface area contributed by atoms with E-state index in [-0.39, 0.29) is 11.8 Å². The number of allylic oxidation sites excluding steroid dienone is 2. The monoisotopic (exact) mass is 298 g/mol. The van der Waals surface area contributed by atoms with Gasteiger partial charge in [-0.2, -0.15) is 0 Å². The number of hydrogen-bond donors (Lipinski definition) is 0. The number of nitrogens with zero attached hydrogens (tertiary/aromatic N) is 2. The van der Waals surface area contributed by atoms with E-state index in [0.29, 0.717) is 26.2 Å². The molecule has 1 aliphatic rings. The highest BCUT2D eigenvalue weighted by atomic mass is 16.2. The molecule has 1 aromatic carbocycles. The van der Waals surface area contributed by atoms with Gasteiger partial charge >= 0.3 is 0 Å². The molecule has 2 amide bonds. The van der Waals surface area contributed by atoms with Crippen LogP contribution in [-0.4, -0.2) is 47.8 Å². The van der Waals surface area contributed by atoms with Crippen molar-refractivity contribution in [2.24, 2.45) is 0 Å². The summed E-state index contributed by atoms with van der Waals surface area (Å²) in [5.74, 6) is 0.0698. The summed E-state index contributed by atoms with van der Waals surface area (Å²) in [7, 11) is 0. The molecule has 1 heterocycles. The maximum Gasteiger partial charge on any atom is 0.246 e. The van der Waals surface area contributed by atoms with Crippen LogP contribution in [0, 0.1) is 6.92 Å². The van der Waals surface area contributed by atoms with Gasteiger partial charge in [0.05, 0.1) is 0 Å². The van der Waals surface area contributed by atoms with Gasteiger partial charge in [-0.05, 0) is 12.5 Å². The maximum absolute atomic E-state index is 12.0. The smallest absolute Gasteiger partial charge is 0.246 e. The van der Waals surface area contributed by atoms with Gasteiger partial charge in [0.1, 0.15) is 0 Å². The molecule has 0 aromatic heterocycles. The van der Waals surface area contributed by atoms with E-state index in [4.69, 9.17) is 0 Å². The highest BCUT2D eigenvalue weighted by molar-refractivity contribution is 5.88. The van der Waals surface area contributed by atoms with Crippen molar-refractivity contribution in [2.45, 2.75) is 13.8 Å². The minimum absolute atomic E-state index is 0.00300. The average molecular weight is 298 g/mol. The van der Waals surface area contributed by atoms with Crippen LogP contribution in [0.5, 0.6) is 0 Å². The first kappa shape index (κ1) is 16.0. The van der Waals surface area contributed by atoms with Crippen molar-refractivity contribution in [1.82, 2.24) is 9.80 Å². The van der Waals surface area contributed by atoms with Gasteiger partial charge < -0.3 is 9.80 Å². The Kier molecular flexibility index (Phi) is 5.53. The second kappa shape index (κ2) is 7.59. The molecule has 1 aromatic rings. The molecule has 22 heavy (non-hydrogen) atoms. The number of amides is 2. The van der Waals surface area contributed by atoms with Crippen molar-refractivity contribution in [2.75, 3.05) is 26.2 Å². The van der Waals surface area contributed by atoms with Crippen LogP contribution in [-0.2, 0) is 9.59 Å². The largest absolute Gasteiger partial charge is 0.339 e. The molecule has 0 saturated carbocycles. The standard InChI is InChI=1S/C18H22N2O2/c1-15-7-9-17(10-8-15)5-3-4-6-18(22)20-13-11-19(12-14-20)16(2)21/h3-10H,11-14H2,1-2H3/b5-3+,6-4+. The van der Waals surface area contributed by atoms with Crippen LogP contribution in [0.1, 0.15) is 18.1 Å². The second-order valence-corrected chi connectivity index (χ2v) is 5.46. The third-order valence-corrected chi connectivity index (χ3v) is 3.75. The van der Waals surface area contributed by atoms with Crippen molar-refractivity contribution in [3.63, 3.8) is 0 Å². The Morgan fingerprint density at radius 1 is 0.955 bits per heavy atom. The van der Waals surface area contributed by atoms with E-state index in [0.717, 1.165) is 5.56 Å². The minimum Gasteiger partial charge on any atom is -0.339 e. The first-order valence-electron chi connectivity index (χ1n) is 7.52. The second-order valence-electron chi connectivity index (χ2n) is 5.46. The van der Waals surface area contributed by atoms with Crippen LogP contribution in [0.2, 0.25) is 0 Å². The fraction of sp³-hybridized carbons (Fsp3) is 0.333. The number of rotatable bonds is 3. The Morgan fingerprint density at radius 3 is 2.14 bits per heavy atom. The van der Waals surface area contributed by atoms with Crippen LogP contribution in [0.15, 0.2) is 42.5 Å². The Bertz CT molecular complexity index is 580. The summed E-state index contributed by atoms with van der Waals surface area (Å²) in [6, 6.07) is 8.21. The molecule has 0 radical (unpaired) electrons. The summed E-state index contributed by atoms with van der Waals surface area (Å²) >= 11 is 0. The summed E-state index contributed by atoms with van der Waals surface area (Å²) in [5, 5.41) is 0. The lowest BCUT2D eigenvalue weighted by atomic mass is 10.1. The molecule has 116 valence electrons. The Morgan fingerprint density at radius 2 is 1.55 bits per heavy atom. The van der Waals surface area contributed by atoms with Crippen LogP contribution < -0.4 is 0 Å². The zero-order valence-electron chi connectivity index (χ0n) is 13.2. The lowest BCUT2D eigenvalue weighted by Gasteiger charge is -2.33. The molecular formula is C18H22N2O2. The van der Waals surface area contributed by atoms with Gasteiger partial charge in [0, 0.05) is 39.2 Å². The predicted molar refractivity (Wildman–Crippen MR) is 88.2 cm³/mol. The van der Waals surface area contributed by atoms with Crippen molar-refractivity contribution in [3.8, 4) is 0 Å². The normalized spacial score (nSPS) is 15.7. The number of piperazine rings is 1. The number of carbonyl (C=O) groups is 2. The Balaban J connectivity index is 1.82. The number of carbonyl (C=O) groups excluding carboxylic acids is 2. The molecule has 0 unspecified atom stereocenters. The third-order valence-electron chi connectivity index (χ3n) is 3.75. The van der Waals surface area contributed by atoms with E-state index < -0.39 is 0 Å². The minimum atomic E-state index is -0.00300. The van der Waals surface area contributed by atoms with Gasteiger partial charge in [-0.25, -0.2) is 0 Å². The summed E-state index contributed by atoms with van der Waals surface area (Å²) in [6.45, 7) is 6.06. The maximum atomic E-state index is 12.0. The van der Waals surface area contributed by atoms with E-state index in [9.17, 15) is 9.59 Å². The van der Waals surface area contributed by atoms with Gasteiger partial charge in [-0.15, -0.1) is 0 Å². The fourth-order valence-corrected chi connectivity index (χ4v) is 2.33. The summed E-state index contributed by atoms with van der Waals surface area (Å²) in [5.41, 5.74) is 2.34. The Hall–Kier alpha value is -2.36. The zero-order valence-corrected chi connectivity index (χ0v) is 13.2. The molecular weight excluding hydrogens is 276 g/mol. The van der Waals surface area contributed by atoms with E-state index in [1.807, 2.05) is 24.3 Å². The quantitative estimate of drug-likeness (QED) is 0.634. The van der Waals surface area contributed by atoms with Crippen molar-refractivity contribution in [3.05, 3.63) is 53.6 Å². The number of hydrogen-bond acceptors (Lipinski definition) is 2. The fourth-order valence-electron chi connectivity index (χ4n) is 2.33. The third kappa shape index (κ3) is 4.58. The number of aryl methyl sites for hydroxylation is 1. The van der Waals surface area contributed by atoms with Crippen LogP contribution >= 0.6 is 0 Å². The summed E-state index contributed by atoms with van der Waals surface area (Å²) in [4.78, 5) is 26.8. The van der Waals surface area contributed by atoms with Crippen LogP contribution in [0.3, 0.4) is 0 Å². The van der Waals surface area contributed by atoms with E-state index in [1.54, 1.807) is 28.9 Å². The zero-order chi connectivity index (χ0) is 15.9. The SMILES string of the molecule is CC(=O)N1CCN(C(=O)/C=C/C=C/c2ccc(C)cc2)CC1. The molecule has 4 nitrogen and oxygen atoms in total. The lowest BCUT2D eigenvalue weighted by molar-refractivity contribution is -0.135. The molecule has 2 rings (SSSR count). The predicted octanol–water partition coefficient (Wildman–Crippen LogP) is 2.26. The number of benzene rings is 1. The molecule has 4 heteroatoms. The topological polar surface area (TPSA) is 40.6 Å². The van der Waals surface area contributed by atoms with Gasteiger partial charge in [0.15, 0.2) is 0 Å². The first-order valence-corrected chi connectivity index (χ1v) is 7.52. The molecule has 1 fully saturated rings. The molecule has 1 aliphatic heterocycles. The molecule has 0 atom stereocenters. The average Bonchev–Trinajstić information content (AvgIpc) is 2.53. The van der Waals surface area contributed by atoms with Crippen LogP contribution in [0.25, 0.3) is 6.08 Å². The first-order chi connectivity index (χ1) is 10.6. The van der Waals surface area contributed by atoms with E-state index in [2.05, 4.69) is 19.1 Å². The van der Waals surface area contributed by atoms with E-state index in [1.165, 1.54) is 5.56 Å². The van der Waals surface area contributed by atoms with Gasteiger partial charge in [-0.3, -0.25) is 9.59 Å². The van der Waals surface area contributed by atoms with Crippen molar-refractivity contribution in [1.29, 1.82) is 0 Å². The van der Waals surface area contributed by atoms with Gasteiger partial charge in [-0.1, -0.05) is 48.1 Å². The molecule has 0 spiro atoms. The van der Waals surface area contributed by atoms with Crippen LogP contribution in [0.4, 0.5) is 0 Å². The lowest BCUT2D eigenvalue weighted by Crippen LogP contribution is -2.49. The summed E-state index contributed by atoms with van der Waals surface area (Å²) < 4.78 is 0. The molecule has 0 bridgehead atoms. The van der Waals surface area contributed by atoms with E-state index >= 15 is 0 Å². The van der Waals surface area contributed by atoms with Gasteiger partial charge in [0.2, 0.25) is 11.8 Å². The molecule has 1 saturated heterocycles. The van der Waals surface area contributed by atoms with Crippen molar-refractivity contribution < 1.29 is 9.59 Å². The summed E-state index contributed by atoms with van der Waals surface area (Å²) in [6.07, 6.45) is 7.18. The highest BCUT2D eigenvalue weighted by Crippen LogP contribution is 2.06. The van der Waals surface area contributed by atoms with Gasteiger partial charge in [0.25, 0.3) is 0 Å². The molecule has 0 N–H and O–H groups in total.